The van der Waals surface area contributed by atoms with Crippen LogP contribution < -0.4 is 10.6 Å². The van der Waals surface area contributed by atoms with Crippen molar-refractivity contribution in [2.75, 3.05) is 5.32 Å². The number of thiocarbonyl (C=S) groups is 1. The van der Waals surface area contributed by atoms with Crippen LogP contribution in [-0.2, 0) is 11.4 Å². The maximum Gasteiger partial charge on any atom is 0.250 e. The summed E-state index contributed by atoms with van der Waals surface area (Å²) in [6, 6.07) is 10.7. The molecule has 0 saturated carbocycles. The lowest BCUT2D eigenvalue weighted by atomic mass is 10.2. The zero-order chi connectivity index (χ0) is 15.9. The van der Waals surface area contributed by atoms with Gasteiger partial charge in [0.2, 0.25) is 5.91 Å². The number of carbonyl (C=O) groups is 1. The number of hydrogen-bond donors (Lipinski definition) is 3. The molecule has 0 bridgehead atoms. The molecule has 1 amide bonds. The first-order chi connectivity index (χ1) is 10.6. The smallest absolute Gasteiger partial charge is 0.250 e. The summed E-state index contributed by atoms with van der Waals surface area (Å²) >= 11 is 5.06. The normalized spacial score (nSPS) is 10.6. The Morgan fingerprint density at radius 1 is 1.36 bits per heavy atom. The van der Waals surface area contributed by atoms with Crippen LogP contribution in [0.25, 0.3) is 6.08 Å². The molecule has 1 heterocycles. The summed E-state index contributed by atoms with van der Waals surface area (Å²) in [6.07, 6.45) is 2.91. The Kier molecular flexibility index (Phi) is 5.46. The molecule has 0 aliphatic carbocycles. The Labute approximate surface area is 133 Å². The molecule has 0 atom stereocenters. The molecule has 22 heavy (non-hydrogen) atoms. The minimum Gasteiger partial charge on any atom is -0.462 e. The van der Waals surface area contributed by atoms with Gasteiger partial charge in [0, 0.05) is 11.8 Å². The van der Waals surface area contributed by atoms with Crippen molar-refractivity contribution in [3.63, 3.8) is 0 Å². The van der Waals surface area contributed by atoms with Gasteiger partial charge in [0.05, 0.1) is 6.61 Å². The number of benzene rings is 1. The Hall–Kier alpha value is -2.44. The first-order valence-electron chi connectivity index (χ1n) is 6.63. The number of aryl methyl sites for hydroxylation is 1. The molecule has 0 spiro atoms. The third kappa shape index (κ3) is 4.83. The van der Waals surface area contributed by atoms with Crippen LogP contribution >= 0.6 is 12.2 Å². The quantitative estimate of drug-likeness (QED) is 0.597. The molecule has 1 aromatic carbocycles. The average Bonchev–Trinajstić information content (AvgIpc) is 2.91. The van der Waals surface area contributed by atoms with Crippen LogP contribution in [0.15, 0.2) is 46.9 Å². The summed E-state index contributed by atoms with van der Waals surface area (Å²) in [4.78, 5) is 11.7. The summed E-state index contributed by atoms with van der Waals surface area (Å²) in [5, 5.41) is 14.7. The third-order valence-corrected chi connectivity index (χ3v) is 2.97. The fourth-order valence-electron chi connectivity index (χ4n) is 1.76. The van der Waals surface area contributed by atoms with Gasteiger partial charge in [0.15, 0.2) is 5.11 Å². The minimum absolute atomic E-state index is 0.0556. The molecule has 114 valence electrons. The number of aliphatic hydroxyl groups is 1. The zero-order valence-electron chi connectivity index (χ0n) is 12.0. The second-order valence-electron chi connectivity index (χ2n) is 4.58. The van der Waals surface area contributed by atoms with E-state index in [9.17, 15) is 4.79 Å². The molecule has 6 heteroatoms. The van der Waals surface area contributed by atoms with Crippen LogP contribution in [0.3, 0.4) is 0 Å². The number of carbonyl (C=O) groups excluding carboxylic acids is 1. The van der Waals surface area contributed by atoms with Gasteiger partial charge in [-0.2, -0.15) is 0 Å². The number of rotatable bonds is 4. The van der Waals surface area contributed by atoms with Gasteiger partial charge in [-0.05, 0) is 55.0 Å². The van der Waals surface area contributed by atoms with E-state index in [4.69, 9.17) is 21.7 Å². The molecule has 0 unspecified atom stereocenters. The number of aliphatic hydroxyl groups excluding tert-OH is 1. The highest BCUT2D eigenvalue weighted by Crippen LogP contribution is 2.10. The molecule has 0 aliphatic rings. The van der Waals surface area contributed by atoms with Gasteiger partial charge < -0.3 is 14.8 Å². The first kappa shape index (κ1) is 15.9. The van der Waals surface area contributed by atoms with Crippen molar-refractivity contribution >= 4 is 35.0 Å². The van der Waals surface area contributed by atoms with E-state index in [-0.39, 0.29) is 17.6 Å². The maximum atomic E-state index is 11.7. The summed E-state index contributed by atoms with van der Waals surface area (Å²) in [6.45, 7) is 1.77. The molecule has 5 nitrogen and oxygen atoms in total. The van der Waals surface area contributed by atoms with Crippen molar-refractivity contribution in [3.05, 3.63) is 59.6 Å². The van der Waals surface area contributed by atoms with Crippen molar-refractivity contribution in [2.24, 2.45) is 0 Å². The standard InChI is InChI=1S/C16H16N2O3S/c1-11-5-6-14(21-11)7-8-15(20)18-16(22)17-13-4-2-3-12(9-13)10-19/h2-9,19H,10H2,1H3,(H2,17,18,20,22)/b8-7+. The van der Waals surface area contributed by atoms with E-state index in [1.165, 1.54) is 6.08 Å². The molecule has 0 fully saturated rings. The first-order valence-corrected chi connectivity index (χ1v) is 7.04. The number of nitrogens with one attached hydrogen (secondary N) is 2. The summed E-state index contributed by atoms with van der Waals surface area (Å²) < 4.78 is 5.32. The second kappa shape index (κ2) is 7.53. The Morgan fingerprint density at radius 3 is 2.86 bits per heavy atom. The number of hydrogen-bond acceptors (Lipinski definition) is 4. The Bertz CT molecular complexity index is 707. The largest absolute Gasteiger partial charge is 0.462 e. The van der Waals surface area contributed by atoms with Gasteiger partial charge in [-0.15, -0.1) is 0 Å². The predicted octanol–water partition coefficient (Wildman–Crippen LogP) is 2.61. The lowest BCUT2D eigenvalue weighted by Crippen LogP contribution is -2.32. The fraction of sp³-hybridized carbons (Fsp3) is 0.125. The van der Waals surface area contributed by atoms with E-state index in [1.54, 1.807) is 36.4 Å². The highest BCUT2D eigenvalue weighted by atomic mass is 32.1. The molecule has 0 aliphatic heterocycles. The summed E-state index contributed by atoms with van der Waals surface area (Å²) in [5.41, 5.74) is 1.45. The van der Waals surface area contributed by atoms with E-state index in [2.05, 4.69) is 10.6 Å². The van der Waals surface area contributed by atoms with Gasteiger partial charge in [0.1, 0.15) is 11.5 Å². The number of furan rings is 1. The topological polar surface area (TPSA) is 74.5 Å². The Morgan fingerprint density at radius 2 is 2.18 bits per heavy atom. The van der Waals surface area contributed by atoms with E-state index >= 15 is 0 Å². The van der Waals surface area contributed by atoms with E-state index in [0.717, 1.165) is 11.3 Å². The van der Waals surface area contributed by atoms with Crippen LogP contribution in [0.2, 0.25) is 0 Å². The van der Waals surface area contributed by atoms with Crippen molar-refractivity contribution in [3.8, 4) is 0 Å². The molecular formula is C16H16N2O3S. The van der Waals surface area contributed by atoms with Crippen molar-refractivity contribution in [2.45, 2.75) is 13.5 Å². The third-order valence-electron chi connectivity index (χ3n) is 2.76. The number of anilines is 1. The molecule has 0 saturated heterocycles. The van der Waals surface area contributed by atoms with E-state index in [0.29, 0.717) is 11.4 Å². The van der Waals surface area contributed by atoms with E-state index in [1.807, 2.05) is 13.0 Å². The fourth-order valence-corrected chi connectivity index (χ4v) is 1.98. The van der Waals surface area contributed by atoms with Crippen LogP contribution in [0.1, 0.15) is 17.1 Å². The summed E-state index contributed by atoms with van der Waals surface area (Å²) in [7, 11) is 0. The lowest BCUT2D eigenvalue weighted by molar-refractivity contribution is -0.115. The monoisotopic (exact) mass is 316 g/mol. The van der Waals surface area contributed by atoms with Crippen molar-refractivity contribution < 1.29 is 14.3 Å². The SMILES string of the molecule is Cc1ccc(/C=C/C(=O)NC(=S)Nc2cccc(CO)c2)o1. The lowest BCUT2D eigenvalue weighted by Gasteiger charge is -2.08. The zero-order valence-corrected chi connectivity index (χ0v) is 12.8. The summed E-state index contributed by atoms with van der Waals surface area (Å²) in [5.74, 6) is 1.02. The van der Waals surface area contributed by atoms with Gasteiger partial charge in [-0.1, -0.05) is 12.1 Å². The highest BCUT2D eigenvalue weighted by molar-refractivity contribution is 7.80. The minimum atomic E-state index is -0.357. The predicted molar refractivity (Wildman–Crippen MR) is 89.2 cm³/mol. The molecular weight excluding hydrogens is 300 g/mol. The second-order valence-corrected chi connectivity index (χ2v) is 4.99. The molecule has 2 aromatic rings. The van der Waals surface area contributed by atoms with Crippen molar-refractivity contribution in [1.82, 2.24) is 5.32 Å². The van der Waals surface area contributed by atoms with Gasteiger partial charge >= 0.3 is 0 Å². The van der Waals surface area contributed by atoms with Gasteiger partial charge in [0.25, 0.3) is 0 Å². The van der Waals surface area contributed by atoms with E-state index < -0.39 is 0 Å². The van der Waals surface area contributed by atoms with Gasteiger partial charge in [-0.3, -0.25) is 10.1 Å². The molecule has 2 rings (SSSR count). The van der Waals surface area contributed by atoms with Crippen molar-refractivity contribution in [1.29, 1.82) is 0 Å². The molecule has 0 radical (unpaired) electrons. The van der Waals surface area contributed by atoms with Crippen LogP contribution in [0.4, 0.5) is 5.69 Å². The van der Waals surface area contributed by atoms with Crippen LogP contribution in [0, 0.1) is 6.92 Å². The average molecular weight is 316 g/mol. The van der Waals surface area contributed by atoms with Crippen LogP contribution in [0.5, 0.6) is 0 Å². The Balaban J connectivity index is 1.88. The molecule has 3 N–H and O–H groups in total. The molecule has 1 aromatic heterocycles. The van der Waals surface area contributed by atoms with Crippen LogP contribution in [-0.4, -0.2) is 16.1 Å². The highest BCUT2D eigenvalue weighted by Gasteiger charge is 2.03. The number of amides is 1. The maximum absolute atomic E-state index is 11.7. The van der Waals surface area contributed by atoms with Gasteiger partial charge in [-0.25, -0.2) is 0 Å².